The molecule has 0 aliphatic carbocycles. The van der Waals surface area contributed by atoms with E-state index in [1.54, 1.807) is 0 Å². The Labute approximate surface area is 122 Å². The highest BCUT2D eigenvalue weighted by atomic mass is 16.5. The molecule has 0 radical (unpaired) electrons. The Hall–Kier alpha value is -1.60. The molecule has 0 amide bonds. The molecule has 2 aromatic carbocycles. The van der Waals surface area contributed by atoms with Crippen molar-refractivity contribution in [2.45, 2.75) is 45.3 Å². The summed E-state index contributed by atoms with van der Waals surface area (Å²) in [5.41, 5.74) is 2.38. The molecule has 0 bridgehead atoms. The Morgan fingerprint density at radius 3 is 1.65 bits per heavy atom. The Bertz CT molecular complexity index is 510. The molecule has 2 atom stereocenters. The van der Waals surface area contributed by atoms with Crippen LogP contribution in [-0.4, -0.2) is 5.60 Å². The zero-order valence-corrected chi connectivity index (χ0v) is 12.8. The van der Waals surface area contributed by atoms with Gasteiger partial charge < -0.3 is 4.74 Å². The van der Waals surface area contributed by atoms with Gasteiger partial charge in [-0.1, -0.05) is 67.6 Å². The topological polar surface area (TPSA) is 9.23 Å². The van der Waals surface area contributed by atoms with Gasteiger partial charge in [-0.15, -0.1) is 0 Å². The Balaban J connectivity index is 2.32. The number of benzene rings is 2. The van der Waals surface area contributed by atoms with Crippen molar-refractivity contribution in [3.63, 3.8) is 0 Å². The van der Waals surface area contributed by atoms with Crippen LogP contribution in [0.5, 0.6) is 0 Å². The lowest BCUT2D eigenvalue weighted by molar-refractivity contribution is -0.0715. The zero-order chi connectivity index (χ0) is 14.6. The molecule has 0 fully saturated rings. The number of hydrogen-bond donors (Lipinski definition) is 0. The molecule has 0 N–H and O–H groups in total. The van der Waals surface area contributed by atoms with Gasteiger partial charge in [-0.25, -0.2) is 0 Å². The lowest BCUT2D eigenvalue weighted by atomic mass is 9.90. The second-order valence-electron chi connectivity index (χ2n) is 6.26. The highest BCUT2D eigenvalue weighted by molar-refractivity contribution is 5.26. The monoisotopic (exact) mass is 268 g/mol. The number of rotatable bonds is 4. The predicted molar refractivity (Wildman–Crippen MR) is 84.9 cm³/mol. The van der Waals surface area contributed by atoms with Gasteiger partial charge in [0, 0.05) is 5.92 Å². The van der Waals surface area contributed by atoms with Crippen molar-refractivity contribution in [1.29, 1.82) is 0 Å². The molecule has 2 rings (SSSR count). The van der Waals surface area contributed by atoms with E-state index in [0.29, 0.717) is 5.92 Å². The molecule has 0 heterocycles. The Morgan fingerprint density at radius 2 is 1.20 bits per heavy atom. The molecule has 2 aromatic rings. The van der Waals surface area contributed by atoms with Gasteiger partial charge in [-0.2, -0.15) is 0 Å². The highest BCUT2D eigenvalue weighted by Crippen LogP contribution is 2.36. The number of ether oxygens (including phenoxy) is 1. The summed E-state index contributed by atoms with van der Waals surface area (Å²) in [6.07, 6.45) is 0.0681. The first kappa shape index (κ1) is 14.8. The fraction of sp³-hybridized carbons (Fsp3) is 0.368. The highest BCUT2D eigenvalue weighted by Gasteiger charge is 2.26. The van der Waals surface area contributed by atoms with Crippen LogP contribution in [-0.2, 0) is 4.74 Å². The van der Waals surface area contributed by atoms with E-state index in [1.165, 1.54) is 11.1 Å². The summed E-state index contributed by atoms with van der Waals surface area (Å²) < 4.78 is 6.34. The molecule has 106 valence electrons. The van der Waals surface area contributed by atoms with Crippen LogP contribution in [0.25, 0.3) is 0 Å². The molecule has 1 nitrogen and oxygen atoms in total. The van der Waals surface area contributed by atoms with E-state index < -0.39 is 0 Å². The summed E-state index contributed by atoms with van der Waals surface area (Å²) in [7, 11) is 0. The SMILES string of the molecule is CC(c1ccccc1)C(OC(C)(C)C)c1ccccc1. The zero-order valence-electron chi connectivity index (χ0n) is 12.8. The van der Waals surface area contributed by atoms with Gasteiger partial charge in [0.25, 0.3) is 0 Å². The molecule has 0 aliphatic rings. The van der Waals surface area contributed by atoms with Gasteiger partial charge in [0.2, 0.25) is 0 Å². The summed E-state index contributed by atoms with van der Waals surface area (Å²) in [4.78, 5) is 0. The molecule has 1 heteroatoms. The average Bonchev–Trinajstić information content (AvgIpc) is 2.45. The third kappa shape index (κ3) is 3.94. The first-order valence-corrected chi connectivity index (χ1v) is 7.25. The van der Waals surface area contributed by atoms with Crippen LogP contribution in [0.3, 0.4) is 0 Å². The van der Waals surface area contributed by atoms with E-state index in [4.69, 9.17) is 4.74 Å². The Morgan fingerprint density at radius 1 is 0.750 bits per heavy atom. The van der Waals surface area contributed by atoms with Crippen molar-refractivity contribution >= 4 is 0 Å². The largest absolute Gasteiger partial charge is 0.367 e. The minimum absolute atomic E-state index is 0.0681. The molecular weight excluding hydrogens is 244 g/mol. The maximum absolute atomic E-state index is 6.34. The van der Waals surface area contributed by atoms with Gasteiger partial charge in [-0.3, -0.25) is 0 Å². The van der Waals surface area contributed by atoms with Gasteiger partial charge in [0.05, 0.1) is 11.7 Å². The fourth-order valence-electron chi connectivity index (χ4n) is 2.41. The van der Waals surface area contributed by atoms with Gasteiger partial charge in [0.1, 0.15) is 0 Å². The van der Waals surface area contributed by atoms with Crippen LogP contribution in [0.4, 0.5) is 0 Å². The van der Waals surface area contributed by atoms with Crippen LogP contribution < -0.4 is 0 Å². The van der Waals surface area contributed by atoms with Crippen LogP contribution in [0.1, 0.15) is 50.8 Å². The first-order chi connectivity index (χ1) is 9.47. The van der Waals surface area contributed by atoms with Crippen LogP contribution in [0.2, 0.25) is 0 Å². The molecule has 0 spiro atoms. The minimum Gasteiger partial charge on any atom is -0.367 e. The molecule has 0 aliphatic heterocycles. The molecule has 20 heavy (non-hydrogen) atoms. The van der Waals surface area contributed by atoms with Crippen LogP contribution >= 0.6 is 0 Å². The summed E-state index contributed by atoms with van der Waals surface area (Å²) >= 11 is 0. The van der Waals surface area contributed by atoms with Crippen LogP contribution in [0, 0.1) is 0 Å². The van der Waals surface area contributed by atoms with E-state index >= 15 is 0 Å². The Kier molecular flexibility index (Phi) is 4.61. The van der Waals surface area contributed by atoms with E-state index in [9.17, 15) is 0 Å². The lowest BCUT2D eigenvalue weighted by Gasteiger charge is -2.32. The molecule has 0 aromatic heterocycles. The predicted octanol–water partition coefficient (Wildman–Crippen LogP) is 5.35. The molecular formula is C19H24O. The third-order valence-corrected chi connectivity index (χ3v) is 3.39. The van der Waals surface area contributed by atoms with Gasteiger partial charge in [-0.05, 0) is 31.9 Å². The van der Waals surface area contributed by atoms with Crippen LogP contribution in [0.15, 0.2) is 60.7 Å². The maximum atomic E-state index is 6.34. The molecule has 0 saturated heterocycles. The molecule has 2 unspecified atom stereocenters. The standard InChI is InChI=1S/C19H24O/c1-15(16-11-7-5-8-12-16)18(20-19(2,3)4)17-13-9-6-10-14-17/h5-15,18H,1-4H3. The van der Waals surface area contributed by atoms with E-state index in [1.807, 2.05) is 6.07 Å². The normalized spacial score (nSPS) is 14.8. The maximum Gasteiger partial charge on any atom is 0.0897 e. The van der Waals surface area contributed by atoms with Crippen molar-refractivity contribution in [2.24, 2.45) is 0 Å². The fourth-order valence-corrected chi connectivity index (χ4v) is 2.41. The summed E-state index contributed by atoms with van der Waals surface area (Å²) in [6, 6.07) is 21.1. The van der Waals surface area contributed by atoms with Gasteiger partial charge >= 0.3 is 0 Å². The summed E-state index contributed by atoms with van der Waals surface area (Å²) in [6.45, 7) is 8.57. The van der Waals surface area contributed by atoms with Crippen molar-refractivity contribution < 1.29 is 4.74 Å². The second kappa shape index (κ2) is 6.23. The summed E-state index contributed by atoms with van der Waals surface area (Å²) in [5, 5.41) is 0. The quantitative estimate of drug-likeness (QED) is 0.726. The number of hydrogen-bond acceptors (Lipinski definition) is 1. The third-order valence-electron chi connectivity index (χ3n) is 3.39. The van der Waals surface area contributed by atoms with Crippen molar-refractivity contribution in [3.05, 3.63) is 71.8 Å². The van der Waals surface area contributed by atoms with E-state index in [2.05, 4.69) is 82.3 Å². The first-order valence-electron chi connectivity index (χ1n) is 7.25. The van der Waals surface area contributed by atoms with E-state index in [-0.39, 0.29) is 11.7 Å². The molecule has 0 saturated carbocycles. The van der Waals surface area contributed by atoms with Crippen molar-refractivity contribution in [2.75, 3.05) is 0 Å². The second-order valence-corrected chi connectivity index (χ2v) is 6.26. The van der Waals surface area contributed by atoms with Crippen molar-refractivity contribution in [3.8, 4) is 0 Å². The smallest absolute Gasteiger partial charge is 0.0897 e. The van der Waals surface area contributed by atoms with Gasteiger partial charge in [0.15, 0.2) is 0 Å². The lowest BCUT2D eigenvalue weighted by Crippen LogP contribution is -2.25. The van der Waals surface area contributed by atoms with E-state index in [0.717, 1.165) is 0 Å². The average molecular weight is 268 g/mol. The summed E-state index contributed by atoms with van der Waals surface area (Å²) in [5.74, 6) is 0.317. The van der Waals surface area contributed by atoms with Crippen molar-refractivity contribution in [1.82, 2.24) is 0 Å². The minimum atomic E-state index is -0.163.